The number of carbonyl (C=O) groups is 1. The van der Waals surface area contributed by atoms with Crippen LogP contribution in [0.1, 0.15) is 0 Å². The highest BCUT2D eigenvalue weighted by molar-refractivity contribution is 7.99. The molecule has 0 aromatic heterocycles. The molecule has 1 aromatic carbocycles. The zero-order valence-electron chi connectivity index (χ0n) is 9.58. The molecule has 19 heavy (non-hydrogen) atoms. The molecule has 3 nitrogen and oxygen atoms in total. The zero-order chi connectivity index (χ0) is 14.2. The van der Waals surface area contributed by atoms with Gasteiger partial charge in [0.15, 0.2) is 0 Å². The van der Waals surface area contributed by atoms with Gasteiger partial charge >= 0.3 is 18.3 Å². The molecule has 0 fully saturated rings. The van der Waals surface area contributed by atoms with Crippen LogP contribution in [0.4, 0.5) is 28.9 Å². The van der Waals surface area contributed by atoms with Crippen molar-refractivity contribution in [2.45, 2.75) is 17.2 Å². The SMILES string of the molecule is Nc1ccc2c(c1)N(C(=O)C(F)(F)C(F)F)CCS2. The van der Waals surface area contributed by atoms with Gasteiger partial charge in [-0.15, -0.1) is 11.8 Å². The molecule has 1 aromatic rings. The largest absolute Gasteiger partial charge is 0.399 e. The van der Waals surface area contributed by atoms with Gasteiger partial charge in [0, 0.05) is 22.9 Å². The minimum absolute atomic E-state index is 0.0533. The lowest BCUT2D eigenvalue weighted by molar-refractivity contribution is -0.166. The molecule has 2 N–H and O–H groups in total. The van der Waals surface area contributed by atoms with Gasteiger partial charge in [-0.1, -0.05) is 0 Å². The molecule has 1 heterocycles. The Hall–Kier alpha value is -1.44. The third-order valence-electron chi connectivity index (χ3n) is 2.65. The average Bonchev–Trinajstić information content (AvgIpc) is 2.36. The average molecular weight is 294 g/mol. The third-order valence-corrected chi connectivity index (χ3v) is 3.69. The van der Waals surface area contributed by atoms with Gasteiger partial charge < -0.3 is 10.6 Å². The number of thioether (sulfide) groups is 1. The second-order valence-electron chi connectivity index (χ2n) is 3.96. The van der Waals surface area contributed by atoms with Crippen LogP contribution >= 0.6 is 11.8 Å². The molecule has 0 bridgehead atoms. The second-order valence-corrected chi connectivity index (χ2v) is 5.09. The molecule has 0 aliphatic carbocycles. The van der Waals surface area contributed by atoms with Crippen LogP contribution in [0.15, 0.2) is 23.1 Å². The number of anilines is 2. The number of nitrogens with two attached hydrogens (primary N) is 1. The summed E-state index contributed by atoms with van der Waals surface area (Å²) in [6.45, 7) is -0.0533. The molecule has 0 unspecified atom stereocenters. The van der Waals surface area contributed by atoms with Crippen LogP contribution in [0.5, 0.6) is 0 Å². The van der Waals surface area contributed by atoms with E-state index in [0.29, 0.717) is 15.5 Å². The van der Waals surface area contributed by atoms with Gasteiger partial charge in [-0.25, -0.2) is 8.78 Å². The minimum atomic E-state index is -4.69. The smallest absolute Gasteiger partial charge is 0.384 e. The number of hydrogen-bond donors (Lipinski definition) is 1. The first kappa shape index (κ1) is 14.0. The summed E-state index contributed by atoms with van der Waals surface area (Å²) in [5, 5.41) is 0. The fourth-order valence-corrected chi connectivity index (χ4v) is 2.69. The van der Waals surface area contributed by atoms with E-state index in [2.05, 4.69) is 0 Å². The highest BCUT2D eigenvalue weighted by Crippen LogP contribution is 2.38. The standard InChI is InChI=1S/C11H10F4N2OS/c12-9(13)11(14,15)10(18)17-3-4-19-8-2-1-6(16)5-7(8)17/h1-2,5,9H,3-4,16H2. The lowest BCUT2D eigenvalue weighted by atomic mass is 10.2. The molecule has 1 aliphatic rings. The molecule has 0 radical (unpaired) electrons. The van der Waals surface area contributed by atoms with Crippen LogP contribution in [0.2, 0.25) is 0 Å². The van der Waals surface area contributed by atoms with Crippen molar-refractivity contribution in [1.82, 2.24) is 0 Å². The second kappa shape index (κ2) is 4.92. The number of hydrogen-bond acceptors (Lipinski definition) is 3. The van der Waals surface area contributed by atoms with Gasteiger partial charge in [-0.05, 0) is 18.2 Å². The fourth-order valence-electron chi connectivity index (χ4n) is 1.72. The van der Waals surface area contributed by atoms with E-state index < -0.39 is 18.3 Å². The van der Waals surface area contributed by atoms with Crippen molar-refractivity contribution in [2.24, 2.45) is 0 Å². The minimum Gasteiger partial charge on any atom is -0.399 e. The topological polar surface area (TPSA) is 46.3 Å². The van der Waals surface area contributed by atoms with Crippen LogP contribution in [-0.2, 0) is 4.79 Å². The lowest BCUT2D eigenvalue weighted by Crippen LogP contribution is -2.49. The number of nitrogen functional groups attached to an aromatic ring is 1. The van der Waals surface area contributed by atoms with E-state index in [0.717, 1.165) is 0 Å². The number of rotatable bonds is 2. The van der Waals surface area contributed by atoms with Gasteiger partial charge in [0.1, 0.15) is 0 Å². The monoisotopic (exact) mass is 294 g/mol. The summed E-state index contributed by atoms with van der Waals surface area (Å²) in [6, 6.07) is 4.47. The number of nitrogens with zero attached hydrogens (tertiary/aromatic N) is 1. The molecule has 104 valence electrons. The van der Waals surface area contributed by atoms with Crippen molar-refractivity contribution < 1.29 is 22.4 Å². The summed E-state index contributed by atoms with van der Waals surface area (Å²) in [5.41, 5.74) is 5.96. The predicted octanol–water partition coefficient (Wildman–Crippen LogP) is 2.61. The van der Waals surface area contributed by atoms with E-state index in [1.807, 2.05) is 0 Å². The quantitative estimate of drug-likeness (QED) is 0.673. The summed E-state index contributed by atoms with van der Waals surface area (Å²) < 4.78 is 50.8. The summed E-state index contributed by atoms with van der Waals surface area (Å²) in [7, 11) is 0. The first-order valence-corrected chi connectivity index (χ1v) is 6.33. The van der Waals surface area contributed by atoms with Crippen LogP contribution in [0, 0.1) is 0 Å². The summed E-state index contributed by atoms with van der Waals surface area (Å²) in [4.78, 5) is 12.8. The van der Waals surface area contributed by atoms with Crippen molar-refractivity contribution in [2.75, 3.05) is 22.9 Å². The van der Waals surface area contributed by atoms with Crippen LogP contribution in [0.25, 0.3) is 0 Å². The van der Waals surface area contributed by atoms with Gasteiger partial charge in [-0.2, -0.15) is 8.78 Å². The highest BCUT2D eigenvalue weighted by Gasteiger charge is 2.52. The lowest BCUT2D eigenvalue weighted by Gasteiger charge is -2.31. The van der Waals surface area contributed by atoms with Crippen LogP contribution in [-0.4, -0.2) is 30.6 Å². The normalized spacial score (nSPS) is 15.5. The van der Waals surface area contributed by atoms with E-state index in [9.17, 15) is 22.4 Å². The molecule has 0 saturated heterocycles. The first-order valence-electron chi connectivity index (χ1n) is 5.34. The van der Waals surface area contributed by atoms with Crippen molar-refractivity contribution in [3.63, 3.8) is 0 Å². The van der Waals surface area contributed by atoms with Crippen molar-refractivity contribution in [3.8, 4) is 0 Å². The van der Waals surface area contributed by atoms with Gasteiger partial charge in [0.05, 0.1) is 5.69 Å². The van der Waals surface area contributed by atoms with E-state index in [1.54, 1.807) is 12.1 Å². The molecular formula is C11H10F4N2OS. The summed E-state index contributed by atoms with van der Waals surface area (Å²) >= 11 is 1.36. The molecule has 0 spiro atoms. The maximum absolute atomic E-state index is 13.1. The molecule has 0 atom stereocenters. The zero-order valence-corrected chi connectivity index (χ0v) is 10.4. The van der Waals surface area contributed by atoms with E-state index in [4.69, 9.17) is 5.73 Å². The fraction of sp³-hybridized carbons (Fsp3) is 0.364. The van der Waals surface area contributed by atoms with Crippen molar-refractivity contribution in [1.29, 1.82) is 0 Å². The van der Waals surface area contributed by atoms with Crippen molar-refractivity contribution in [3.05, 3.63) is 18.2 Å². The Balaban J connectivity index is 2.39. The number of carbonyl (C=O) groups excluding carboxylic acids is 1. The van der Waals surface area contributed by atoms with Crippen LogP contribution in [0.3, 0.4) is 0 Å². The molecule has 8 heteroatoms. The maximum Gasteiger partial charge on any atom is 0.384 e. The molecular weight excluding hydrogens is 284 g/mol. The number of halogens is 4. The van der Waals surface area contributed by atoms with Crippen molar-refractivity contribution >= 4 is 29.0 Å². The Morgan fingerprint density at radius 3 is 2.74 bits per heavy atom. The number of fused-ring (bicyclic) bond motifs is 1. The Labute approximate surface area is 110 Å². The van der Waals surface area contributed by atoms with E-state index in [1.165, 1.54) is 17.8 Å². The predicted molar refractivity (Wildman–Crippen MR) is 64.9 cm³/mol. The van der Waals surface area contributed by atoms with Gasteiger partial charge in [0.25, 0.3) is 0 Å². The third kappa shape index (κ3) is 2.49. The molecule has 2 rings (SSSR count). The van der Waals surface area contributed by atoms with Gasteiger partial charge in [0.2, 0.25) is 0 Å². The Kier molecular flexibility index (Phi) is 3.62. The number of alkyl halides is 4. The van der Waals surface area contributed by atoms with E-state index in [-0.39, 0.29) is 17.9 Å². The Morgan fingerprint density at radius 2 is 2.11 bits per heavy atom. The molecule has 0 saturated carbocycles. The molecule has 1 aliphatic heterocycles. The van der Waals surface area contributed by atoms with Crippen LogP contribution < -0.4 is 10.6 Å². The van der Waals surface area contributed by atoms with Gasteiger partial charge in [-0.3, -0.25) is 4.79 Å². The summed E-state index contributed by atoms with van der Waals surface area (Å²) in [6.07, 6.45) is -4.03. The maximum atomic E-state index is 13.1. The summed E-state index contributed by atoms with van der Waals surface area (Å²) in [5.74, 6) is -6.22. The molecule has 1 amide bonds. The Bertz CT molecular complexity index is 509. The number of benzene rings is 1. The highest BCUT2D eigenvalue weighted by atomic mass is 32.2. The Morgan fingerprint density at radius 1 is 1.42 bits per heavy atom. The number of amides is 1. The van der Waals surface area contributed by atoms with E-state index >= 15 is 0 Å². The first-order chi connectivity index (χ1) is 8.84.